The van der Waals surface area contributed by atoms with Crippen molar-refractivity contribution in [2.75, 3.05) is 14.2 Å². The molecule has 0 fully saturated rings. The molecule has 0 bridgehead atoms. The van der Waals surface area contributed by atoms with Crippen LogP contribution in [0.15, 0.2) is 46.2 Å². The Morgan fingerprint density at radius 2 is 1.17 bits per heavy atom. The third-order valence-electron chi connectivity index (χ3n) is 3.04. The third kappa shape index (κ3) is 4.15. The predicted molar refractivity (Wildman–Crippen MR) is 91.6 cm³/mol. The number of benzene rings is 2. The normalized spacial score (nSPS) is 10.2. The maximum atomic E-state index is 11.0. The number of ether oxygens (including phenoxy) is 2. The van der Waals surface area contributed by atoms with Gasteiger partial charge in [-0.15, -0.1) is 0 Å². The lowest BCUT2D eigenvalue weighted by atomic mass is 10.2. The number of hydrogen-bond donors (Lipinski definition) is 2. The summed E-state index contributed by atoms with van der Waals surface area (Å²) in [6, 6.07) is 9.24. The van der Waals surface area contributed by atoms with E-state index in [4.69, 9.17) is 19.7 Å². The van der Waals surface area contributed by atoms with Crippen LogP contribution in [0, 0.1) is 0 Å². The van der Waals surface area contributed by atoms with Crippen LogP contribution in [0.3, 0.4) is 0 Å². The summed E-state index contributed by atoms with van der Waals surface area (Å²) in [5.74, 6) is -1.14. The molecule has 2 rings (SSSR count). The second-order valence-corrected chi connectivity index (χ2v) is 6.72. The quantitative estimate of drug-likeness (QED) is 0.713. The highest BCUT2D eigenvalue weighted by molar-refractivity contribution is 8.76. The van der Waals surface area contributed by atoms with Crippen LogP contribution in [-0.4, -0.2) is 36.4 Å². The zero-order valence-corrected chi connectivity index (χ0v) is 14.4. The second-order valence-electron chi connectivity index (χ2n) is 4.51. The van der Waals surface area contributed by atoms with Gasteiger partial charge in [0.05, 0.1) is 35.1 Å². The van der Waals surface area contributed by atoms with Crippen LogP contribution in [0.2, 0.25) is 0 Å². The maximum Gasteiger partial charge on any atom is 0.335 e. The molecule has 2 N–H and O–H groups in total. The van der Waals surface area contributed by atoms with Gasteiger partial charge in [-0.05, 0) is 58.0 Å². The van der Waals surface area contributed by atoms with Crippen molar-refractivity contribution in [2.24, 2.45) is 0 Å². The van der Waals surface area contributed by atoms with E-state index in [1.165, 1.54) is 60.1 Å². The van der Waals surface area contributed by atoms with Crippen LogP contribution >= 0.6 is 21.6 Å². The number of carboxylic acid groups (broad SMARTS) is 2. The summed E-state index contributed by atoms with van der Waals surface area (Å²) in [6.45, 7) is 0. The van der Waals surface area contributed by atoms with Gasteiger partial charge in [-0.3, -0.25) is 0 Å². The fourth-order valence-electron chi connectivity index (χ4n) is 1.83. The fraction of sp³-hybridized carbons (Fsp3) is 0.125. The first-order valence-corrected chi connectivity index (χ1v) is 8.78. The van der Waals surface area contributed by atoms with Crippen molar-refractivity contribution in [3.05, 3.63) is 47.5 Å². The lowest BCUT2D eigenvalue weighted by Crippen LogP contribution is -1.98. The fourth-order valence-corrected chi connectivity index (χ4v) is 4.07. The Bertz CT molecular complexity index is 710. The number of rotatable bonds is 7. The van der Waals surface area contributed by atoms with E-state index in [2.05, 4.69) is 0 Å². The highest BCUT2D eigenvalue weighted by atomic mass is 33.1. The van der Waals surface area contributed by atoms with E-state index in [9.17, 15) is 9.59 Å². The van der Waals surface area contributed by atoms with Gasteiger partial charge in [0.25, 0.3) is 0 Å². The molecule has 6 nitrogen and oxygen atoms in total. The number of carboxylic acids is 2. The Balaban J connectivity index is 2.21. The largest absolute Gasteiger partial charge is 0.496 e. The molecule has 0 saturated heterocycles. The lowest BCUT2D eigenvalue weighted by molar-refractivity contribution is 0.0685. The van der Waals surface area contributed by atoms with Crippen molar-refractivity contribution < 1.29 is 29.3 Å². The van der Waals surface area contributed by atoms with E-state index in [-0.39, 0.29) is 11.1 Å². The highest BCUT2D eigenvalue weighted by Crippen LogP contribution is 2.45. The average Bonchev–Trinajstić information content (AvgIpc) is 2.59. The monoisotopic (exact) mass is 366 g/mol. The first-order valence-electron chi connectivity index (χ1n) is 6.63. The van der Waals surface area contributed by atoms with Crippen LogP contribution in [0.5, 0.6) is 11.5 Å². The van der Waals surface area contributed by atoms with Gasteiger partial charge in [-0.25, -0.2) is 9.59 Å². The molecule has 0 spiro atoms. The van der Waals surface area contributed by atoms with Gasteiger partial charge in [0.15, 0.2) is 0 Å². The Morgan fingerprint density at radius 1 is 0.792 bits per heavy atom. The number of hydrogen-bond acceptors (Lipinski definition) is 6. The molecule has 0 aromatic heterocycles. The van der Waals surface area contributed by atoms with E-state index in [0.717, 1.165) is 9.79 Å². The Morgan fingerprint density at radius 3 is 1.46 bits per heavy atom. The molecule has 0 atom stereocenters. The molecule has 0 aliphatic carbocycles. The first-order chi connectivity index (χ1) is 11.5. The van der Waals surface area contributed by atoms with Crippen LogP contribution in [-0.2, 0) is 0 Å². The minimum Gasteiger partial charge on any atom is -0.496 e. The summed E-state index contributed by atoms with van der Waals surface area (Å²) < 4.78 is 10.5. The number of methoxy groups -OCH3 is 2. The first kappa shape index (κ1) is 18.0. The summed E-state index contributed by atoms with van der Waals surface area (Å²) in [5.41, 5.74) is 0.286. The molecule has 126 valence electrons. The molecule has 0 aliphatic heterocycles. The van der Waals surface area contributed by atoms with Gasteiger partial charge in [-0.2, -0.15) is 0 Å². The minimum absolute atomic E-state index is 0.143. The molecule has 2 aromatic carbocycles. The van der Waals surface area contributed by atoms with Crippen molar-refractivity contribution in [2.45, 2.75) is 9.79 Å². The summed E-state index contributed by atoms with van der Waals surface area (Å²) in [5, 5.41) is 18.0. The standard InChI is InChI=1S/C16H14O6S2/c1-21-11-7-9(15(17)18)3-5-13(11)23-24-14-6-4-10(16(19)20)8-12(14)22-2/h3-8H,1-2H3,(H,17,18)(H,19,20). The zero-order chi connectivity index (χ0) is 17.7. The summed E-state index contributed by atoms with van der Waals surface area (Å²) in [7, 11) is 5.66. The maximum absolute atomic E-state index is 11.0. The molecule has 0 unspecified atom stereocenters. The Hall–Kier alpha value is -2.32. The van der Waals surface area contributed by atoms with Gasteiger partial charge in [0, 0.05) is 0 Å². The molecule has 0 aliphatic rings. The summed E-state index contributed by atoms with van der Waals surface area (Å²) in [6.07, 6.45) is 0. The predicted octanol–water partition coefficient (Wildman–Crippen LogP) is 3.90. The third-order valence-corrected chi connectivity index (χ3v) is 5.49. The molecule has 24 heavy (non-hydrogen) atoms. The topological polar surface area (TPSA) is 93.1 Å². The van der Waals surface area contributed by atoms with Crippen molar-refractivity contribution in [3.8, 4) is 11.5 Å². The molecular weight excluding hydrogens is 352 g/mol. The number of aromatic carboxylic acids is 2. The van der Waals surface area contributed by atoms with Crippen LogP contribution < -0.4 is 9.47 Å². The molecule has 0 saturated carbocycles. The van der Waals surface area contributed by atoms with Gasteiger partial charge in [-0.1, -0.05) is 0 Å². The molecule has 2 aromatic rings. The zero-order valence-electron chi connectivity index (χ0n) is 12.8. The van der Waals surface area contributed by atoms with Crippen LogP contribution in [0.4, 0.5) is 0 Å². The highest BCUT2D eigenvalue weighted by Gasteiger charge is 2.13. The van der Waals surface area contributed by atoms with Crippen molar-refractivity contribution in [1.82, 2.24) is 0 Å². The van der Waals surface area contributed by atoms with Gasteiger partial charge < -0.3 is 19.7 Å². The Kier molecular flexibility index (Phi) is 5.99. The minimum atomic E-state index is -1.02. The lowest BCUT2D eigenvalue weighted by Gasteiger charge is -2.11. The van der Waals surface area contributed by atoms with Gasteiger partial charge >= 0.3 is 11.9 Å². The van der Waals surface area contributed by atoms with Crippen molar-refractivity contribution in [3.63, 3.8) is 0 Å². The van der Waals surface area contributed by atoms with Crippen molar-refractivity contribution in [1.29, 1.82) is 0 Å². The van der Waals surface area contributed by atoms with Crippen LogP contribution in [0.25, 0.3) is 0 Å². The van der Waals surface area contributed by atoms with E-state index >= 15 is 0 Å². The summed E-state index contributed by atoms with van der Waals surface area (Å²) >= 11 is 0. The molecule has 0 amide bonds. The molecule has 0 heterocycles. The Labute approximate surface area is 146 Å². The average molecular weight is 366 g/mol. The van der Waals surface area contributed by atoms with E-state index in [1.807, 2.05) is 0 Å². The van der Waals surface area contributed by atoms with Gasteiger partial charge in [0.1, 0.15) is 11.5 Å². The smallest absolute Gasteiger partial charge is 0.335 e. The molecule has 8 heteroatoms. The number of carbonyl (C=O) groups is 2. The van der Waals surface area contributed by atoms with E-state index < -0.39 is 11.9 Å². The van der Waals surface area contributed by atoms with E-state index in [0.29, 0.717) is 11.5 Å². The molecular formula is C16H14O6S2. The van der Waals surface area contributed by atoms with Gasteiger partial charge in [0.2, 0.25) is 0 Å². The summed E-state index contributed by atoms with van der Waals surface area (Å²) in [4.78, 5) is 23.5. The SMILES string of the molecule is COc1cc(C(=O)O)ccc1SSc1ccc(C(=O)O)cc1OC. The van der Waals surface area contributed by atoms with Crippen LogP contribution in [0.1, 0.15) is 20.7 Å². The molecule has 0 radical (unpaired) electrons. The second kappa shape index (κ2) is 7.98. The van der Waals surface area contributed by atoms with Crippen molar-refractivity contribution >= 4 is 33.5 Å². The van der Waals surface area contributed by atoms with E-state index in [1.54, 1.807) is 12.1 Å².